The molecule has 0 atom stereocenters. The van der Waals surface area contributed by atoms with E-state index in [0.29, 0.717) is 82.3 Å². The molecule has 0 aliphatic carbocycles. The van der Waals surface area contributed by atoms with Crippen LogP contribution in [-0.2, 0) is 13.2 Å². The Morgan fingerprint density at radius 2 is 1.12 bits per heavy atom. The van der Waals surface area contributed by atoms with E-state index in [9.17, 15) is 21.0 Å². The summed E-state index contributed by atoms with van der Waals surface area (Å²) in [6.45, 7) is 5.83. The van der Waals surface area contributed by atoms with E-state index < -0.39 is 0 Å². The number of nitrogens with zero attached hydrogens (tertiary/aromatic N) is 8. The number of rotatable bonds is 8. The van der Waals surface area contributed by atoms with E-state index in [0.717, 1.165) is 26.3 Å². The van der Waals surface area contributed by atoms with Crippen molar-refractivity contribution in [2.24, 2.45) is 0 Å². The number of aliphatic hydroxyl groups is 1. The topological polar surface area (TPSA) is 265 Å². The second-order valence-electron chi connectivity index (χ2n) is 13.6. The quantitative estimate of drug-likeness (QED) is 0.128. The van der Waals surface area contributed by atoms with Crippen LogP contribution >= 0.6 is 34.4 Å². The van der Waals surface area contributed by atoms with E-state index in [2.05, 4.69) is 38.1 Å². The second kappa shape index (κ2) is 22.1. The molecule has 0 saturated heterocycles. The van der Waals surface area contributed by atoms with E-state index in [4.69, 9.17) is 40.3 Å². The molecule has 66 heavy (non-hydrogen) atoms. The zero-order valence-electron chi connectivity index (χ0n) is 34.7. The number of hydrogen-bond donors (Lipinski definition) is 3. The van der Waals surface area contributed by atoms with Crippen LogP contribution in [0.25, 0.3) is 22.3 Å². The van der Waals surface area contributed by atoms with Crippen LogP contribution in [0, 0.1) is 59.2 Å². The fourth-order valence-electron chi connectivity index (χ4n) is 6.45. The molecule has 0 bridgehead atoms. The smallest absolute Gasteiger partial charge is 0.234 e. The summed E-state index contributed by atoms with van der Waals surface area (Å²) in [4.78, 5) is 17.7. The van der Waals surface area contributed by atoms with Gasteiger partial charge in [0.2, 0.25) is 5.88 Å². The van der Waals surface area contributed by atoms with Crippen molar-refractivity contribution in [3.05, 3.63) is 121 Å². The van der Waals surface area contributed by atoms with Crippen LogP contribution in [0.1, 0.15) is 51.1 Å². The maximum atomic E-state index is 9.88. The standard InChI is InChI=1S/C21H14N4O2S.C20H15N5O3S.C5H7NOS.CH4/c22-11-15-19(13-6-7-17-18(10-13)27-9-8-26-17)16(12-23)21(25-20(15)24)28-14-4-2-1-3-5-14;1-11-24-13(10-29-11)9-28-20-15(8-22)18(14(7-21)19(23)25-20)12-2-3-16-17(6-12)27-5-4-26-16;1-4-6-5(2-7)3-8-4;/h1-7,10H,8-9H2,(H2,24,25);2-3,6,10H,4-5,9H2,1H3,(H2,23,25);3,7H,2H2,1H3;1H4. The minimum absolute atomic E-state index is 0. The molecule has 0 amide bonds. The van der Waals surface area contributed by atoms with E-state index in [-0.39, 0.29) is 54.8 Å². The molecule has 6 heterocycles. The monoisotopic (exact) mass is 936 g/mol. The number of anilines is 2. The summed E-state index contributed by atoms with van der Waals surface area (Å²) in [5.74, 6) is 2.48. The van der Waals surface area contributed by atoms with Gasteiger partial charge in [-0.15, -0.1) is 22.7 Å². The molecule has 332 valence electrons. The Hall–Kier alpha value is -7.91. The lowest BCUT2D eigenvalue weighted by Crippen LogP contribution is -2.15. The third-order valence-electron chi connectivity index (χ3n) is 9.30. The van der Waals surface area contributed by atoms with Crippen molar-refractivity contribution in [1.82, 2.24) is 19.9 Å². The molecule has 0 fully saturated rings. The summed E-state index contributed by atoms with van der Waals surface area (Å²) in [6.07, 6.45) is 0. The van der Waals surface area contributed by atoms with Gasteiger partial charge in [-0.1, -0.05) is 49.5 Å². The first-order chi connectivity index (χ1) is 31.6. The van der Waals surface area contributed by atoms with Gasteiger partial charge >= 0.3 is 0 Å². The van der Waals surface area contributed by atoms with Crippen molar-refractivity contribution in [2.45, 2.75) is 44.4 Å². The molecule has 0 unspecified atom stereocenters. The van der Waals surface area contributed by atoms with Crippen LogP contribution in [-0.4, -0.2) is 51.5 Å². The highest BCUT2D eigenvalue weighted by molar-refractivity contribution is 7.99. The lowest BCUT2D eigenvalue weighted by atomic mass is 9.96. The fourth-order valence-corrected chi connectivity index (χ4v) is 8.56. The number of fused-ring (bicyclic) bond motifs is 2. The first-order valence-electron chi connectivity index (χ1n) is 19.5. The molecular weight excluding hydrogens is 897 g/mol. The first-order valence-corrected chi connectivity index (χ1v) is 22.1. The highest BCUT2D eigenvalue weighted by Gasteiger charge is 2.25. The Kier molecular flexibility index (Phi) is 15.9. The third kappa shape index (κ3) is 10.9. The molecule has 2 aliphatic rings. The predicted molar refractivity (Wildman–Crippen MR) is 250 cm³/mol. The predicted octanol–water partition coefficient (Wildman–Crippen LogP) is 8.77. The zero-order valence-corrected chi connectivity index (χ0v) is 37.1. The molecule has 9 rings (SSSR count). The van der Waals surface area contributed by atoms with E-state index in [1.807, 2.05) is 61.0 Å². The van der Waals surface area contributed by atoms with Crippen LogP contribution in [0.3, 0.4) is 0 Å². The number of nitrogen functional groups attached to an aromatic ring is 2. The minimum Gasteiger partial charge on any atom is -0.486 e. The summed E-state index contributed by atoms with van der Waals surface area (Å²) >= 11 is 4.39. The summed E-state index contributed by atoms with van der Waals surface area (Å²) in [5, 5.41) is 53.6. The minimum atomic E-state index is -0.0131. The molecule has 4 aromatic heterocycles. The van der Waals surface area contributed by atoms with Gasteiger partial charge in [0, 0.05) is 26.8 Å². The number of nitrogens with two attached hydrogens (primary N) is 2. The van der Waals surface area contributed by atoms with Gasteiger partial charge in [0.15, 0.2) is 23.0 Å². The third-order valence-corrected chi connectivity index (χ3v) is 11.9. The molecular formula is C47H40N10O6S3. The van der Waals surface area contributed by atoms with Crippen LogP contribution in [0.4, 0.5) is 11.6 Å². The summed E-state index contributed by atoms with van der Waals surface area (Å²) in [5.41, 5.74) is 16.3. The maximum absolute atomic E-state index is 9.88. The molecule has 0 saturated carbocycles. The van der Waals surface area contributed by atoms with E-state index in [1.54, 1.807) is 47.7 Å². The number of hydrogen-bond acceptors (Lipinski definition) is 19. The summed E-state index contributed by atoms with van der Waals surface area (Å²) < 4.78 is 28.1. The number of aliphatic hydroxyl groups excluding tert-OH is 1. The van der Waals surface area contributed by atoms with Crippen molar-refractivity contribution in [2.75, 3.05) is 37.9 Å². The van der Waals surface area contributed by atoms with Crippen LogP contribution < -0.4 is 35.2 Å². The fraction of sp³-hybridized carbons (Fsp3) is 0.191. The number of aromatic nitrogens is 4. The number of nitriles is 4. The van der Waals surface area contributed by atoms with Gasteiger partial charge in [0.25, 0.3) is 0 Å². The van der Waals surface area contributed by atoms with Crippen molar-refractivity contribution in [1.29, 1.82) is 21.0 Å². The molecule has 19 heteroatoms. The van der Waals surface area contributed by atoms with Gasteiger partial charge in [0.1, 0.15) is 90.7 Å². The molecule has 2 aliphatic heterocycles. The Morgan fingerprint density at radius 1 is 0.636 bits per heavy atom. The van der Waals surface area contributed by atoms with Gasteiger partial charge < -0.3 is 40.3 Å². The van der Waals surface area contributed by atoms with Crippen molar-refractivity contribution in [3.63, 3.8) is 0 Å². The van der Waals surface area contributed by atoms with Gasteiger partial charge in [-0.3, -0.25) is 0 Å². The molecule has 7 aromatic rings. The Morgan fingerprint density at radius 3 is 1.59 bits per heavy atom. The SMILES string of the molecule is C.Cc1nc(CO)cs1.Cc1nc(COc2nc(N)c(C#N)c(-c3ccc4c(c3)OCCO4)c2C#N)cs1.N#Cc1c(N)nc(Sc2ccccc2)c(C#N)c1-c1ccc2c(c1)OCCO2. The Balaban J connectivity index is 0.000000184. The average molecular weight is 937 g/mol. The Bertz CT molecular complexity index is 3040. The highest BCUT2D eigenvalue weighted by atomic mass is 32.2. The zero-order chi connectivity index (χ0) is 45.9. The molecule has 5 N–H and O–H groups in total. The van der Waals surface area contributed by atoms with E-state index in [1.165, 1.54) is 23.1 Å². The van der Waals surface area contributed by atoms with Crippen LogP contribution in [0.5, 0.6) is 28.9 Å². The Labute approximate surface area is 392 Å². The number of benzene rings is 3. The molecule has 3 aromatic carbocycles. The highest BCUT2D eigenvalue weighted by Crippen LogP contribution is 2.42. The number of ether oxygens (including phenoxy) is 5. The molecule has 0 spiro atoms. The van der Waals surface area contributed by atoms with Crippen LogP contribution in [0.2, 0.25) is 0 Å². The summed E-state index contributed by atoms with van der Waals surface area (Å²) in [6, 6.07) is 28.5. The first kappa shape index (κ1) is 47.6. The van der Waals surface area contributed by atoms with Crippen molar-refractivity contribution in [3.8, 4) is 75.4 Å². The maximum Gasteiger partial charge on any atom is 0.234 e. The van der Waals surface area contributed by atoms with Crippen molar-refractivity contribution >= 4 is 46.1 Å². The lowest BCUT2D eigenvalue weighted by Gasteiger charge is -2.20. The van der Waals surface area contributed by atoms with Crippen molar-refractivity contribution < 1.29 is 28.8 Å². The normalized spacial score (nSPS) is 11.6. The second-order valence-corrected chi connectivity index (χ2v) is 16.8. The van der Waals surface area contributed by atoms with Gasteiger partial charge in [0.05, 0.1) is 33.6 Å². The lowest BCUT2D eigenvalue weighted by molar-refractivity contribution is 0.171. The van der Waals surface area contributed by atoms with Gasteiger partial charge in [-0.05, 0) is 61.4 Å². The molecule has 16 nitrogen and oxygen atoms in total. The molecule has 0 radical (unpaired) electrons. The average Bonchev–Trinajstić information content (AvgIpc) is 3.97. The van der Waals surface area contributed by atoms with Gasteiger partial charge in [-0.25, -0.2) is 15.0 Å². The van der Waals surface area contributed by atoms with Gasteiger partial charge in [-0.2, -0.15) is 26.0 Å². The van der Waals surface area contributed by atoms with Crippen LogP contribution in [0.15, 0.2) is 87.4 Å². The number of aryl methyl sites for hydroxylation is 2. The largest absolute Gasteiger partial charge is 0.486 e. The number of thiazole rings is 2. The number of pyridine rings is 2. The van der Waals surface area contributed by atoms with E-state index >= 15 is 0 Å². The summed E-state index contributed by atoms with van der Waals surface area (Å²) in [7, 11) is 0.